The van der Waals surface area contributed by atoms with Gasteiger partial charge in [-0.05, 0) is 50.6 Å². The first-order chi connectivity index (χ1) is 14.8. The number of benzene rings is 1. The highest BCUT2D eigenvalue weighted by molar-refractivity contribution is 7.99. The average Bonchev–Trinajstić information content (AvgIpc) is 3.54. The number of carbonyl (C=O) groups excluding carboxylic acids is 1. The Morgan fingerprint density at radius 3 is 2.67 bits per heavy atom. The van der Waals surface area contributed by atoms with Gasteiger partial charge in [0.2, 0.25) is 5.91 Å². The third-order valence-electron chi connectivity index (χ3n) is 5.37. The van der Waals surface area contributed by atoms with E-state index in [-0.39, 0.29) is 11.9 Å². The molecule has 2 aromatic heterocycles. The summed E-state index contributed by atoms with van der Waals surface area (Å²) in [6.45, 7) is 5.51. The minimum absolute atomic E-state index is 0.00493. The Bertz CT molecular complexity index is 936. The standard InChI is InChI=1S/C22H27N5O2S/c1-2-27-21(19-11-8-14-29-19)24-25-22(27)30-16-20(28)23-15-18(26-12-6-7-13-26)17-9-4-3-5-10-17/h3-5,8-11,14,18H,2,6-7,12-13,15-16H2,1H3,(H,23,28). The highest BCUT2D eigenvalue weighted by atomic mass is 32.2. The van der Waals surface area contributed by atoms with Gasteiger partial charge in [-0.3, -0.25) is 14.3 Å². The molecule has 0 bridgehead atoms. The first kappa shape index (κ1) is 20.7. The van der Waals surface area contributed by atoms with Gasteiger partial charge < -0.3 is 9.73 Å². The summed E-state index contributed by atoms with van der Waals surface area (Å²) in [5.74, 6) is 1.67. The molecular formula is C22H27N5O2S. The number of thioether (sulfide) groups is 1. The van der Waals surface area contributed by atoms with Crippen molar-refractivity contribution in [2.45, 2.75) is 37.5 Å². The monoisotopic (exact) mass is 425 g/mol. The average molecular weight is 426 g/mol. The summed E-state index contributed by atoms with van der Waals surface area (Å²) in [4.78, 5) is 15.0. The lowest BCUT2D eigenvalue weighted by atomic mass is 10.1. The summed E-state index contributed by atoms with van der Waals surface area (Å²) in [5, 5.41) is 12.3. The van der Waals surface area contributed by atoms with Crippen LogP contribution in [0.25, 0.3) is 11.6 Å². The normalized spacial score (nSPS) is 15.4. The SMILES string of the molecule is CCn1c(SCC(=O)NCC(c2ccccc2)N2CCCC2)nnc1-c1ccco1. The molecule has 1 aliphatic heterocycles. The number of furan rings is 1. The molecule has 0 spiro atoms. The fraction of sp³-hybridized carbons (Fsp3) is 0.409. The van der Waals surface area contributed by atoms with Crippen LogP contribution in [0.1, 0.15) is 31.4 Å². The fourth-order valence-electron chi connectivity index (χ4n) is 3.85. The van der Waals surface area contributed by atoms with E-state index < -0.39 is 0 Å². The summed E-state index contributed by atoms with van der Waals surface area (Å²) < 4.78 is 7.41. The summed E-state index contributed by atoms with van der Waals surface area (Å²) in [5.41, 5.74) is 1.25. The lowest BCUT2D eigenvalue weighted by Crippen LogP contribution is -2.37. The van der Waals surface area contributed by atoms with Crippen LogP contribution in [0.3, 0.4) is 0 Å². The molecule has 4 rings (SSSR count). The number of hydrogen-bond donors (Lipinski definition) is 1. The molecular weight excluding hydrogens is 398 g/mol. The minimum Gasteiger partial charge on any atom is -0.461 e. The van der Waals surface area contributed by atoms with Crippen LogP contribution in [0.4, 0.5) is 0 Å². The molecule has 1 atom stereocenters. The van der Waals surface area contributed by atoms with Gasteiger partial charge in [0.25, 0.3) is 0 Å². The number of hydrogen-bond acceptors (Lipinski definition) is 6. The molecule has 3 aromatic rings. The molecule has 1 aliphatic rings. The van der Waals surface area contributed by atoms with Crippen LogP contribution in [0, 0.1) is 0 Å². The van der Waals surface area contributed by atoms with Crippen LogP contribution < -0.4 is 5.32 Å². The molecule has 1 amide bonds. The summed E-state index contributed by atoms with van der Waals surface area (Å²) in [6.07, 6.45) is 4.06. The summed E-state index contributed by atoms with van der Waals surface area (Å²) in [7, 11) is 0. The zero-order valence-electron chi connectivity index (χ0n) is 17.2. The summed E-state index contributed by atoms with van der Waals surface area (Å²) >= 11 is 1.40. The van der Waals surface area contributed by atoms with Crippen molar-refractivity contribution in [1.29, 1.82) is 0 Å². The number of likely N-dealkylation sites (tertiary alicyclic amines) is 1. The first-order valence-corrected chi connectivity index (χ1v) is 11.4. The molecule has 30 heavy (non-hydrogen) atoms. The molecule has 0 saturated carbocycles. The van der Waals surface area contributed by atoms with E-state index in [1.165, 1.54) is 30.2 Å². The molecule has 3 heterocycles. The van der Waals surface area contributed by atoms with Gasteiger partial charge in [-0.15, -0.1) is 10.2 Å². The second kappa shape index (κ2) is 9.95. The Morgan fingerprint density at radius 1 is 1.17 bits per heavy atom. The number of rotatable bonds is 9. The maximum absolute atomic E-state index is 12.6. The fourth-order valence-corrected chi connectivity index (χ4v) is 4.68. The highest BCUT2D eigenvalue weighted by Gasteiger charge is 2.24. The second-order valence-corrected chi connectivity index (χ2v) is 8.23. The third kappa shape index (κ3) is 4.76. The molecule has 0 aliphatic carbocycles. The van der Waals surface area contributed by atoms with Crippen molar-refractivity contribution in [3.8, 4) is 11.6 Å². The lowest BCUT2D eigenvalue weighted by Gasteiger charge is -2.28. The van der Waals surface area contributed by atoms with Crippen LogP contribution in [0.15, 0.2) is 58.3 Å². The molecule has 7 nitrogen and oxygen atoms in total. The van der Waals surface area contributed by atoms with Gasteiger partial charge >= 0.3 is 0 Å². The van der Waals surface area contributed by atoms with E-state index in [0.717, 1.165) is 18.2 Å². The van der Waals surface area contributed by atoms with Crippen molar-refractivity contribution < 1.29 is 9.21 Å². The van der Waals surface area contributed by atoms with Gasteiger partial charge in [-0.1, -0.05) is 42.1 Å². The molecule has 1 fully saturated rings. The Balaban J connectivity index is 1.35. The van der Waals surface area contributed by atoms with E-state index in [1.807, 2.05) is 29.7 Å². The zero-order valence-corrected chi connectivity index (χ0v) is 18.0. The maximum atomic E-state index is 12.6. The quantitative estimate of drug-likeness (QED) is 0.528. The van der Waals surface area contributed by atoms with Gasteiger partial charge in [0, 0.05) is 13.1 Å². The van der Waals surface area contributed by atoms with E-state index in [2.05, 4.69) is 44.7 Å². The first-order valence-electron chi connectivity index (χ1n) is 10.4. The van der Waals surface area contributed by atoms with Gasteiger partial charge in [-0.2, -0.15) is 0 Å². The number of nitrogens with zero attached hydrogens (tertiary/aromatic N) is 4. The Labute approximate surface area is 180 Å². The topological polar surface area (TPSA) is 76.2 Å². The van der Waals surface area contributed by atoms with Crippen molar-refractivity contribution in [2.75, 3.05) is 25.4 Å². The van der Waals surface area contributed by atoms with E-state index in [0.29, 0.717) is 30.4 Å². The van der Waals surface area contributed by atoms with Crippen molar-refractivity contribution in [3.05, 3.63) is 54.3 Å². The molecule has 8 heteroatoms. The molecule has 1 saturated heterocycles. The third-order valence-corrected chi connectivity index (χ3v) is 6.33. The zero-order chi connectivity index (χ0) is 20.8. The number of carbonyl (C=O) groups is 1. The van der Waals surface area contributed by atoms with Crippen molar-refractivity contribution in [1.82, 2.24) is 25.0 Å². The Kier molecular flexibility index (Phi) is 6.86. The van der Waals surface area contributed by atoms with E-state index in [1.54, 1.807) is 6.26 Å². The minimum atomic E-state index is 0.00493. The predicted molar refractivity (Wildman–Crippen MR) is 117 cm³/mol. The Morgan fingerprint density at radius 2 is 1.97 bits per heavy atom. The van der Waals surface area contributed by atoms with Crippen molar-refractivity contribution in [3.63, 3.8) is 0 Å². The highest BCUT2D eigenvalue weighted by Crippen LogP contribution is 2.26. The van der Waals surface area contributed by atoms with Crippen LogP contribution in [-0.2, 0) is 11.3 Å². The van der Waals surface area contributed by atoms with Gasteiger partial charge in [0.15, 0.2) is 16.7 Å². The van der Waals surface area contributed by atoms with E-state index in [4.69, 9.17) is 4.42 Å². The van der Waals surface area contributed by atoms with E-state index >= 15 is 0 Å². The number of nitrogens with one attached hydrogen (secondary N) is 1. The van der Waals surface area contributed by atoms with Gasteiger partial charge in [0.05, 0.1) is 18.1 Å². The lowest BCUT2D eigenvalue weighted by molar-refractivity contribution is -0.118. The molecule has 1 unspecified atom stereocenters. The van der Waals surface area contributed by atoms with Crippen molar-refractivity contribution >= 4 is 17.7 Å². The predicted octanol–water partition coefficient (Wildman–Crippen LogP) is 3.60. The largest absolute Gasteiger partial charge is 0.461 e. The Hall–Kier alpha value is -2.58. The number of aromatic nitrogens is 3. The van der Waals surface area contributed by atoms with Crippen LogP contribution in [0.2, 0.25) is 0 Å². The van der Waals surface area contributed by atoms with Crippen LogP contribution >= 0.6 is 11.8 Å². The number of amides is 1. The van der Waals surface area contributed by atoms with Crippen molar-refractivity contribution in [2.24, 2.45) is 0 Å². The summed E-state index contributed by atoms with van der Waals surface area (Å²) in [6, 6.07) is 14.3. The molecule has 1 N–H and O–H groups in total. The molecule has 0 radical (unpaired) electrons. The molecule has 1 aromatic carbocycles. The van der Waals surface area contributed by atoms with Crippen LogP contribution in [-0.4, -0.2) is 51.0 Å². The maximum Gasteiger partial charge on any atom is 0.230 e. The van der Waals surface area contributed by atoms with Crippen LogP contribution in [0.5, 0.6) is 0 Å². The van der Waals surface area contributed by atoms with Gasteiger partial charge in [0.1, 0.15) is 0 Å². The van der Waals surface area contributed by atoms with E-state index in [9.17, 15) is 4.79 Å². The smallest absolute Gasteiger partial charge is 0.230 e. The van der Waals surface area contributed by atoms with Gasteiger partial charge in [-0.25, -0.2) is 0 Å². The second-order valence-electron chi connectivity index (χ2n) is 7.29. The molecule has 158 valence electrons.